The van der Waals surface area contributed by atoms with E-state index in [1.165, 1.54) is 7.11 Å². The van der Waals surface area contributed by atoms with Crippen molar-refractivity contribution in [3.8, 4) is 0 Å². The molecule has 1 saturated heterocycles. The lowest BCUT2D eigenvalue weighted by molar-refractivity contribution is 0.0602. The molecule has 142 valence electrons. The molecule has 0 spiro atoms. The van der Waals surface area contributed by atoms with Crippen LogP contribution in [0, 0.1) is 0 Å². The Kier molecular flexibility index (Phi) is 6.22. The lowest BCUT2D eigenvalue weighted by atomic mass is 10.2. The minimum absolute atomic E-state index is 0.297. The minimum Gasteiger partial charge on any atom is -0.465 e. The van der Waals surface area contributed by atoms with E-state index in [9.17, 15) is 9.59 Å². The first-order valence-corrected chi connectivity index (χ1v) is 8.68. The number of amides is 2. The van der Waals surface area contributed by atoms with Crippen molar-refractivity contribution in [3.05, 3.63) is 53.7 Å². The summed E-state index contributed by atoms with van der Waals surface area (Å²) in [6, 6.07) is 10.0. The highest BCUT2D eigenvalue weighted by molar-refractivity contribution is 6.00. The van der Waals surface area contributed by atoms with Crippen LogP contribution < -0.4 is 15.5 Å². The SMILES string of the molecule is COC(=O)c1ccccc1NC(=O)NCc1cccnc1N1CCOCC1. The zero-order valence-electron chi connectivity index (χ0n) is 15.1. The van der Waals surface area contributed by atoms with Crippen molar-refractivity contribution in [2.75, 3.05) is 43.6 Å². The molecule has 1 aliphatic rings. The first kappa shape index (κ1) is 18.7. The van der Waals surface area contributed by atoms with Gasteiger partial charge in [-0.15, -0.1) is 0 Å². The average Bonchev–Trinajstić information content (AvgIpc) is 2.73. The normalized spacial score (nSPS) is 13.7. The van der Waals surface area contributed by atoms with Crippen LogP contribution in [0.4, 0.5) is 16.3 Å². The van der Waals surface area contributed by atoms with E-state index in [2.05, 4.69) is 20.5 Å². The molecule has 0 atom stereocenters. The third-order valence-corrected chi connectivity index (χ3v) is 4.20. The van der Waals surface area contributed by atoms with Gasteiger partial charge in [-0.2, -0.15) is 0 Å². The number of methoxy groups -OCH3 is 1. The molecule has 3 rings (SSSR count). The van der Waals surface area contributed by atoms with Crippen LogP contribution in [0.2, 0.25) is 0 Å². The summed E-state index contributed by atoms with van der Waals surface area (Å²) in [5, 5.41) is 5.50. The van der Waals surface area contributed by atoms with Gasteiger partial charge in [0.05, 0.1) is 31.6 Å². The largest absolute Gasteiger partial charge is 0.465 e. The summed E-state index contributed by atoms with van der Waals surface area (Å²) in [4.78, 5) is 30.7. The van der Waals surface area contributed by atoms with E-state index in [1.807, 2.05) is 12.1 Å². The molecule has 0 radical (unpaired) electrons. The lowest BCUT2D eigenvalue weighted by Gasteiger charge is -2.29. The smallest absolute Gasteiger partial charge is 0.339 e. The molecule has 8 nitrogen and oxygen atoms in total. The summed E-state index contributed by atoms with van der Waals surface area (Å²) in [6.07, 6.45) is 1.74. The molecule has 2 heterocycles. The Hall–Kier alpha value is -3.13. The van der Waals surface area contributed by atoms with E-state index in [0.717, 1.165) is 24.5 Å². The fourth-order valence-corrected chi connectivity index (χ4v) is 2.85. The number of para-hydroxylation sites is 1. The Balaban J connectivity index is 1.64. The van der Waals surface area contributed by atoms with Gasteiger partial charge in [-0.1, -0.05) is 18.2 Å². The van der Waals surface area contributed by atoms with E-state index in [1.54, 1.807) is 30.5 Å². The monoisotopic (exact) mass is 370 g/mol. The first-order chi connectivity index (χ1) is 13.2. The predicted molar refractivity (Wildman–Crippen MR) is 101 cm³/mol. The van der Waals surface area contributed by atoms with E-state index in [-0.39, 0.29) is 0 Å². The van der Waals surface area contributed by atoms with Gasteiger partial charge in [0, 0.05) is 31.4 Å². The second kappa shape index (κ2) is 9.00. The number of carbonyl (C=O) groups is 2. The summed E-state index contributed by atoms with van der Waals surface area (Å²) in [5.41, 5.74) is 1.60. The summed E-state index contributed by atoms with van der Waals surface area (Å²) < 4.78 is 10.1. The number of ether oxygens (including phenoxy) is 2. The zero-order chi connectivity index (χ0) is 19.1. The highest BCUT2D eigenvalue weighted by Crippen LogP contribution is 2.19. The first-order valence-electron chi connectivity index (χ1n) is 8.68. The van der Waals surface area contributed by atoms with E-state index in [4.69, 9.17) is 9.47 Å². The number of hydrogen-bond donors (Lipinski definition) is 2. The van der Waals surface area contributed by atoms with Gasteiger partial charge in [0.2, 0.25) is 0 Å². The molecule has 0 bridgehead atoms. The molecular weight excluding hydrogens is 348 g/mol. The Bertz CT molecular complexity index is 806. The molecular formula is C19H22N4O4. The standard InChI is InChI=1S/C19H22N4O4/c1-26-18(24)15-6-2-3-7-16(15)22-19(25)21-13-14-5-4-8-20-17(14)23-9-11-27-12-10-23/h2-8H,9-13H2,1H3,(H2,21,22,25). The van der Waals surface area contributed by atoms with Gasteiger partial charge >= 0.3 is 12.0 Å². The Morgan fingerprint density at radius 2 is 1.96 bits per heavy atom. The number of benzene rings is 1. The molecule has 0 saturated carbocycles. The molecule has 1 aliphatic heterocycles. The number of rotatable bonds is 5. The molecule has 0 unspecified atom stereocenters. The van der Waals surface area contributed by atoms with E-state index < -0.39 is 12.0 Å². The lowest BCUT2D eigenvalue weighted by Crippen LogP contribution is -2.38. The number of hydrogen-bond acceptors (Lipinski definition) is 6. The third kappa shape index (κ3) is 4.73. The van der Waals surface area contributed by atoms with Crippen molar-refractivity contribution >= 4 is 23.5 Å². The fraction of sp³-hybridized carbons (Fsp3) is 0.316. The van der Waals surface area contributed by atoms with Crippen molar-refractivity contribution in [1.29, 1.82) is 0 Å². The van der Waals surface area contributed by atoms with Crippen molar-refractivity contribution in [2.45, 2.75) is 6.54 Å². The second-order valence-corrected chi connectivity index (χ2v) is 5.93. The fourth-order valence-electron chi connectivity index (χ4n) is 2.85. The summed E-state index contributed by atoms with van der Waals surface area (Å²) in [7, 11) is 1.30. The summed E-state index contributed by atoms with van der Waals surface area (Å²) in [5.74, 6) is 0.337. The Morgan fingerprint density at radius 3 is 2.74 bits per heavy atom. The highest BCUT2D eigenvalue weighted by atomic mass is 16.5. The van der Waals surface area contributed by atoms with Crippen LogP contribution in [-0.2, 0) is 16.0 Å². The van der Waals surface area contributed by atoms with Crippen molar-refractivity contribution in [2.24, 2.45) is 0 Å². The van der Waals surface area contributed by atoms with Crippen LogP contribution in [0.3, 0.4) is 0 Å². The number of anilines is 2. The number of carbonyl (C=O) groups excluding carboxylic acids is 2. The number of nitrogens with zero attached hydrogens (tertiary/aromatic N) is 2. The van der Waals surface area contributed by atoms with Crippen molar-refractivity contribution < 1.29 is 19.1 Å². The molecule has 27 heavy (non-hydrogen) atoms. The summed E-state index contributed by atoms with van der Waals surface area (Å²) >= 11 is 0. The minimum atomic E-state index is -0.507. The number of morpholine rings is 1. The van der Waals surface area contributed by atoms with Gasteiger partial charge in [-0.05, 0) is 18.2 Å². The predicted octanol–water partition coefficient (Wildman–Crippen LogP) is 2.03. The van der Waals surface area contributed by atoms with Gasteiger partial charge in [0.15, 0.2) is 0 Å². The maximum atomic E-state index is 12.3. The molecule has 1 aromatic carbocycles. The number of pyridine rings is 1. The Labute approximate surface area is 157 Å². The molecule has 2 N–H and O–H groups in total. The van der Waals surface area contributed by atoms with Crippen molar-refractivity contribution in [1.82, 2.24) is 10.3 Å². The molecule has 0 aliphatic carbocycles. The molecule has 1 aromatic heterocycles. The van der Waals surface area contributed by atoms with Crippen molar-refractivity contribution in [3.63, 3.8) is 0 Å². The quantitative estimate of drug-likeness (QED) is 0.783. The summed E-state index contributed by atoms with van der Waals surface area (Å²) in [6.45, 7) is 3.17. The van der Waals surface area contributed by atoms with E-state index in [0.29, 0.717) is 31.0 Å². The van der Waals surface area contributed by atoms with Gasteiger partial charge in [-0.3, -0.25) is 0 Å². The molecule has 2 aromatic rings. The third-order valence-electron chi connectivity index (χ3n) is 4.20. The van der Waals surface area contributed by atoms with Crippen LogP contribution >= 0.6 is 0 Å². The van der Waals surface area contributed by atoms with Gasteiger partial charge in [0.25, 0.3) is 0 Å². The number of esters is 1. The zero-order valence-corrected chi connectivity index (χ0v) is 15.1. The Morgan fingerprint density at radius 1 is 1.19 bits per heavy atom. The van der Waals surface area contributed by atoms with Crippen LogP contribution in [-0.4, -0.2) is 50.4 Å². The molecule has 8 heteroatoms. The maximum Gasteiger partial charge on any atom is 0.339 e. The maximum absolute atomic E-state index is 12.3. The van der Waals surface area contributed by atoms with Crippen LogP contribution in [0.25, 0.3) is 0 Å². The van der Waals surface area contributed by atoms with Crippen LogP contribution in [0.1, 0.15) is 15.9 Å². The molecule has 2 amide bonds. The van der Waals surface area contributed by atoms with Gasteiger partial charge in [0.1, 0.15) is 5.82 Å². The van der Waals surface area contributed by atoms with Crippen LogP contribution in [0.15, 0.2) is 42.6 Å². The van der Waals surface area contributed by atoms with Crippen LogP contribution in [0.5, 0.6) is 0 Å². The average molecular weight is 370 g/mol. The molecule has 1 fully saturated rings. The van der Waals surface area contributed by atoms with Gasteiger partial charge < -0.3 is 25.0 Å². The number of nitrogens with one attached hydrogen (secondary N) is 2. The topological polar surface area (TPSA) is 92.8 Å². The highest BCUT2D eigenvalue weighted by Gasteiger charge is 2.17. The second-order valence-electron chi connectivity index (χ2n) is 5.93. The number of aromatic nitrogens is 1. The van der Waals surface area contributed by atoms with E-state index >= 15 is 0 Å². The van der Waals surface area contributed by atoms with Gasteiger partial charge in [-0.25, -0.2) is 14.6 Å². The number of urea groups is 1.